The van der Waals surface area contributed by atoms with Crippen molar-refractivity contribution in [3.63, 3.8) is 0 Å². The molecule has 0 bridgehead atoms. The van der Waals surface area contributed by atoms with Crippen LogP contribution in [0.25, 0.3) is 10.9 Å². The number of rotatable bonds is 10. The van der Waals surface area contributed by atoms with Gasteiger partial charge in [0.25, 0.3) is 5.56 Å². The second kappa shape index (κ2) is 11.8. The van der Waals surface area contributed by atoms with E-state index in [4.69, 9.17) is 23.9 Å². The minimum atomic E-state index is -0.505. The number of carbonyl (C=O) groups excluding carboxylic acids is 1. The zero-order valence-corrected chi connectivity index (χ0v) is 21.9. The van der Waals surface area contributed by atoms with E-state index in [9.17, 15) is 9.59 Å². The summed E-state index contributed by atoms with van der Waals surface area (Å²) in [4.78, 5) is 29.7. The van der Waals surface area contributed by atoms with E-state index >= 15 is 0 Å². The Balaban J connectivity index is 2.05. The largest absolute Gasteiger partial charge is 0.493 e. The first kappa shape index (κ1) is 26.2. The standard InChI is InChI=1S/C25H28BrN3O6/c1-6-15(3)24-28-19-9-8-17(26)12-18(19)25(31)29(24)27-13-16-10-20(32-4)23(21(11-16)33-5)35-14-22(30)34-7-2/h8-13,15H,6-7,14H2,1-5H3/t15-/m0/s1. The highest BCUT2D eigenvalue weighted by Crippen LogP contribution is 2.38. The van der Waals surface area contributed by atoms with Crippen LogP contribution in [0.3, 0.4) is 0 Å². The molecule has 0 spiro atoms. The number of methoxy groups -OCH3 is 2. The number of hydrogen-bond donors (Lipinski definition) is 0. The summed E-state index contributed by atoms with van der Waals surface area (Å²) in [6, 6.07) is 8.74. The molecule has 186 valence electrons. The van der Waals surface area contributed by atoms with E-state index in [-0.39, 0.29) is 30.4 Å². The van der Waals surface area contributed by atoms with Gasteiger partial charge in [0.15, 0.2) is 18.1 Å². The fourth-order valence-corrected chi connectivity index (χ4v) is 3.72. The van der Waals surface area contributed by atoms with E-state index in [0.29, 0.717) is 33.8 Å². The van der Waals surface area contributed by atoms with E-state index in [0.717, 1.165) is 10.9 Å². The summed E-state index contributed by atoms with van der Waals surface area (Å²) in [5, 5.41) is 4.94. The molecule has 3 aromatic rings. The molecule has 0 unspecified atom stereocenters. The molecule has 35 heavy (non-hydrogen) atoms. The van der Waals surface area contributed by atoms with Gasteiger partial charge in [-0.05, 0) is 43.7 Å². The third kappa shape index (κ3) is 6.00. The number of benzene rings is 2. The second-order valence-corrected chi connectivity index (χ2v) is 8.57. The van der Waals surface area contributed by atoms with Crippen molar-refractivity contribution in [2.45, 2.75) is 33.1 Å². The maximum atomic E-state index is 13.3. The minimum absolute atomic E-state index is 0.00983. The quantitative estimate of drug-likeness (QED) is 0.272. The molecule has 0 aliphatic rings. The molecule has 0 fully saturated rings. The zero-order chi connectivity index (χ0) is 25.5. The molecule has 0 saturated carbocycles. The number of fused-ring (bicyclic) bond motifs is 1. The fraction of sp³-hybridized carbons (Fsp3) is 0.360. The molecule has 10 heteroatoms. The van der Waals surface area contributed by atoms with E-state index in [1.165, 1.54) is 25.1 Å². The molecule has 0 N–H and O–H groups in total. The zero-order valence-electron chi connectivity index (χ0n) is 20.3. The smallest absolute Gasteiger partial charge is 0.344 e. The average molecular weight is 546 g/mol. The van der Waals surface area contributed by atoms with Crippen LogP contribution in [0.1, 0.15) is 44.5 Å². The monoisotopic (exact) mass is 545 g/mol. The number of halogens is 1. The molecular weight excluding hydrogens is 518 g/mol. The molecule has 9 nitrogen and oxygen atoms in total. The molecule has 0 saturated heterocycles. The van der Waals surface area contributed by atoms with Gasteiger partial charge in [-0.3, -0.25) is 4.79 Å². The van der Waals surface area contributed by atoms with Gasteiger partial charge in [-0.1, -0.05) is 29.8 Å². The van der Waals surface area contributed by atoms with Crippen molar-refractivity contribution in [1.29, 1.82) is 0 Å². The summed E-state index contributed by atoms with van der Waals surface area (Å²) in [5.74, 6) is 1.01. The highest BCUT2D eigenvalue weighted by Gasteiger charge is 2.18. The summed E-state index contributed by atoms with van der Waals surface area (Å²) < 4.78 is 23.5. The molecular formula is C25H28BrN3O6. The van der Waals surface area contributed by atoms with Crippen LogP contribution < -0.4 is 19.8 Å². The maximum Gasteiger partial charge on any atom is 0.344 e. The first-order chi connectivity index (χ1) is 16.8. The fourth-order valence-electron chi connectivity index (χ4n) is 3.35. The van der Waals surface area contributed by atoms with Gasteiger partial charge in [-0.15, -0.1) is 0 Å². The van der Waals surface area contributed by atoms with Gasteiger partial charge in [-0.2, -0.15) is 9.78 Å². The third-order valence-corrected chi connectivity index (χ3v) is 5.82. The lowest BCUT2D eigenvalue weighted by atomic mass is 10.1. The molecule has 1 atom stereocenters. The van der Waals surface area contributed by atoms with E-state index in [2.05, 4.69) is 21.0 Å². The van der Waals surface area contributed by atoms with Crippen LogP contribution in [0.5, 0.6) is 17.2 Å². The second-order valence-electron chi connectivity index (χ2n) is 7.65. The van der Waals surface area contributed by atoms with Crippen LogP contribution in [0.15, 0.2) is 44.7 Å². The van der Waals surface area contributed by atoms with Gasteiger partial charge in [0.1, 0.15) is 5.82 Å². The van der Waals surface area contributed by atoms with Crippen LogP contribution >= 0.6 is 15.9 Å². The molecule has 0 aliphatic heterocycles. The lowest BCUT2D eigenvalue weighted by Gasteiger charge is -2.15. The summed E-state index contributed by atoms with van der Waals surface area (Å²) in [5.41, 5.74) is 0.945. The Morgan fingerprint density at radius 1 is 1.17 bits per heavy atom. The maximum absolute atomic E-state index is 13.3. The van der Waals surface area contributed by atoms with Crippen LogP contribution in [0, 0.1) is 0 Å². The average Bonchev–Trinajstić information content (AvgIpc) is 2.86. The Hall–Kier alpha value is -3.40. The number of hydrogen-bond acceptors (Lipinski definition) is 8. The van der Waals surface area contributed by atoms with Gasteiger partial charge in [-0.25, -0.2) is 9.78 Å². The normalized spacial score (nSPS) is 12.1. The van der Waals surface area contributed by atoms with Crippen LogP contribution in [-0.2, 0) is 9.53 Å². The van der Waals surface area contributed by atoms with Crippen LogP contribution in [-0.4, -0.2) is 49.3 Å². The molecule has 1 heterocycles. The van der Waals surface area contributed by atoms with Crippen molar-refractivity contribution >= 4 is 39.0 Å². The molecule has 3 rings (SSSR count). The molecule has 2 aromatic carbocycles. The van der Waals surface area contributed by atoms with E-state index < -0.39 is 5.97 Å². The van der Waals surface area contributed by atoms with Crippen molar-refractivity contribution in [2.75, 3.05) is 27.4 Å². The number of nitrogens with zero attached hydrogens (tertiary/aromatic N) is 3. The van der Waals surface area contributed by atoms with Crippen molar-refractivity contribution in [1.82, 2.24) is 9.66 Å². The third-order valence-electron chi connectivity index (χ3n) is 5.33. The molecule has 0 amide bonds. The Labute approximate surface area is 211 Å². The van der Waals surface area contributed by atoms with Crippen molar-refractivity contribution in [3.05, 3.63) is 56.5 Å². The Kier molecular flexibility index (Phi) is 8.86. The summed E-state index contributed by atoms with van der Waals surface area (Å²) in [6.07, 6.45) is 2.32. The van der Waals surface area contributed by atoms with Gasteiger partial charge in [0.2, 0.25) is 5.75 Å². The number of esters is 1. The first-order valence-corrected chi connectivity index (χ1v) is 11.9. The lowest BCUT2D eigenvalue weighted by molar-refractivity contribution is -0.145. The van der Waals surface area contributed by atoms with Gasteiger partial charge in [0, 0.05) is 16.0 Å². The topological polar surface area (TPSA) is 101 Å². The van der Waals surface area contributed by atoms with Gasteiger partial charge in [0.05, 0.1) is 37.9 Å². The summed E-state index contributed by atoms with van der Waals surface area (Å²) >= 11 is 3.41. The predicted molar refractivity (Wildman–Crippen MR) is 137 cm³/mol. The summed E-state index contributed by atoms with van der Waals surface area (Å²) in [7, 11) is 2.95. The lowest BCUT2D eigenvalue weighted by Crippen LogP contribution is -2.23. The predicted octanol–water partition coefficient (Wildman–Crippen LogP) is 4.51. The highest BCUT2D eigenvalue weighted by molar-refractivity contribution is 9.10. The van der Waals surface area contributed by atoms with Crippen molar-refractivity contribution in [2.24, 2.45) is 5.10 Å². The van der Waals surface area contributed by atoms with Crippen molar-refractivity contribution in [3.8, 4) is 17.2 Å². The molecule has 0 aliphatic carbocycles. The SMILES string of the molecule is CCOC(=O)COc1c(OC)cc(C=Nn2c([C@@H](C)CC)nc3ccc(Br)cc3c2=O)cc1OC. The Morgan fingerprint density at radius 2 is 1.86 bits per heavy atom. The number of aromatic nitrogens is 2. The molecule has 1 aromatic heterocycles. The van der Waals surface area contributed by atoms with Gasteiger partial charge >= 0.3 is 5.97 Å². The molecule has 0 radical (unpaired) electrons. The highest BCUT2D eigenvalue weighted by atomic mass is 79.9. The first-order valence-electron chi connectivity index (χ1n) is 11.1. The minimum Gasteiger partial charge on any atom is -0.493 e. The van der Waals surface area contributed by atoms with Crippen molar-refractivity contribution < 1.29 is 23.7 Å². The summed E-state index contributed by atoms with van der Waals surface area (Å²) in [6.45, 7) is 5.71. The Morgan fingerprint density at radius 3 is 2.46 bits per heavy atom. The van der Waals surface area contributed by atoms with Crippen LogP contribution in [0.2, 0.25) is 0 Å². The van der Waals surface area contributed by atoms with Gasteiger partial charge < -0.3 is 18.9 Å². The number of carbonyl (C=O) groups is 1. The van der Waals surface area contributed by atoms with E-state index in [1.807, 2.05) is 26.0 Å². The van der Waals surface area contributed by atoms with E-state index in [1.54, 1.807) is 25.1 Å². The number of ether oxygens (including phenoxy) is 4. The van der Waals surface area contributed by atoms with Crippen LogP contribution in [0.4, 0.5) is 0 Å². The Bertz CT molecular complexity index is 1280.